The quantitative estimate of drug-likeness (QED) is 0.191. The van der Waals surface area contributed by atoms with Crippen molar-refractivity contribution in [1.82, 2.24) is 4.90 Å². The average Bonchev–Trinajstić information content (AvgIpc) is 3.22. The van der Waals surface area contributed by atoms with Crippen LogP contribution in [0.4, 0.5) is 5.69 Å². The molecule has 0 bridgehead atoms. The van der Waals surface area contributed by atoms with Crippen LogP contribution in [-0.2, 0) is 14.9 Å². The third-order valence-corrected chi connectivity index (χ3v) is 8.58. The number of esters is 1. The summed E-state index contributed by atoms with van der Waals surface area (Å²) in [5.74, 6) is -0.294. The molecule has 5 rings (SSSR count). The minimum atomic E-state index is -0.378. The molecule has 0 radical (unpaired) electrons. The molecule has 0 saturated carbocycles. The van der Waals surface area contributed by atoms with Gasteiger partial charge in [0.05, 0.1) is 34.4 Å². The second kappa shape index (κ2) is 6.24. The molecule has 0 amide bonds. The van der Waals surface area contributed by atoms with E-state index >= 15 is 0 Å². The van der Waals surface area contributed by atoms with Crippen LogP contribution >= 0.6 is 39.3 Å². The number of ether oxygens (including phenoxy) is 1. The van der Waals surface area contributed by atoms with Crippen molar-refractivity contribution < 1.29 is 9.53 Å². The van der Waals surface area contributed by atoms with Crippen molar-refractivity contribution >= 4 is 51.0 Å². The summed E-state index contributed by atoms with van der Waals surface area (Å²) in [5, 5.41) is 0.687. The summed E-state index contributed by atoms with van der Waals surface area (Å²) >= 11 is 17.1. The number of rotatable bonds is 2. The van der Waals surface area contributed by atoms with Crippen molar-refractivity contribution in [3.63, 3.8) is 0 Å². The van der Waals surface area contributed by atoms with Gasteiger partial charge in [0.15, 0.2) is 0 Å². The lowest BCUT2D eigenvalue weighted by molar-refractivity contribution is -0.137. The Hall–Kier alpha value is -1.01. The smallest absolute Gasteiger partial charge is 0.335 e. The summed E-state index contributed by atoms with van der Waals surface area (Å²) in [6.07, 6.45) is 6.95. The monoisotopic (exact) mass is 482 g/mol. The minimum absolute atomic E-state index is 0.157. The molecule has 4 atom stereocenters. The zero-order valence-electron chi connectivity index (χ0n) is 15.7. The normalized spacial score (nSPS) is 35.7. The van der Waals surface area contributed by atoms with Gasteiger partial charge >= 0.3 is 5.97 Å². The van der Waals surface area contributed by atoms with Crippen LogP contribution in [0, 0.1) is 5.41 Å². The van der Waals surface area contributed by atoms with Gasteiger partial charge in [-0.25, -0.2) is 4.79 Å². The Balaban J connectivity index is 1.88. The summed E-state index contributed by atoms with van der Waals surface area (Å²) in [7, 11) is 1.44. The minimum Gasteiger partial charge on any atom is -0.466 e. The highest BCUT2D eigenvalue weighted by atomic mass is 79.9. The van der Waals surface area contributed by atoms with E-state index in [1.807, 2.05) is 18.2 Å². The zero-order valence-corrected chi connectivity index (χ0v) is 18.8. The van der Waals surface area contributed by atoms with Crippen LogP contribution in [-0.4, -0.2) is 35.5 Å². The predicted octanol–water partition coefficient (Wildman–Crippen LogP) is 5.14. The first-order valence-corrected chi connectivity index (χ1v) is 11.2. The summed E-state index contributed by atoms with van der Waals surface area (Å²) in [6.45, 7) is 3.12. The Morgan fingerprint density at radius 2 is 2.21 bits per heavy atom. The Bertz CT molecular complexity index is 948. The SMILES string of the molecule is CC[C@]12C=C[C@@H](Br)N3CC[C@]4(C(=C(C(=O)OC)C1)N(Cl)c1ccc(Cl)cc14)[C@@H]32. The maximum Gasteiger partial charge on any atom is 0.335 e. The van der Waals surface area contributed by atoms with Crippen LogP contribution in [0.5, 0.6) is 0 Å². The molecule has 7 heteroatoms. The average molecular weight is 484 g/mol. The Labute approximate surface area is 183 Å². The number of alkyl halides is 1. The van der Waals surface area contributed by atoms with E-state index in [1.165, 1.54) is 7.11 Å². The summed E-state index contributed by atoms with van der Waals surface area (Å²) in [5.41, 5.74) is 3.06. The topological polar surface area (TPSA) is 32.8 Å². The molecular formula is C21H21BrCl2N2O2. The van der Waals surface area contributed by atoms with E-state index in [-0.39, 0.29) is 27.8 Å². The van der Waals surface area contributed by atoms with E-state index in [0.29, 0.717) is 17.0 Å². The van der Waals surface area contributed by atoms with Gasteiger partial charge in [0.1, 0.15) is 0 Å². The second-order valence-corrected chi connectivity index (χ2v) is 9.83. The fourth-order valence-electron chi connectivity index (χ4n) is 6.09. The zero-order chi connectivity index (χ0) is 19.8. The molecule has 1 spiro atoms. The third kappa shape index (κ3) is 2.14. The van der Waals surface area contributed by atoms with E-state index < -0.39 is 0 Å². The van der Waals surface area contributed by atoms with Gasteiger partial charge in [0.25, 0.3) is 0 Å². The first kappa shape index (κ1) is 19.0. The Morgan fingerprint density at radius 3 is 2.93 bits per heavy atom. The van der Waals surface area contributed by atoms with Gasteiger partial charge in [0, 0.05) is 34.8 Å². The fourth-order valence-corrected chi connectivity index (χ4v) is 7.25. The molecule has 28 heavy (non-hydrogen) atoms. The number of carbonyl (C=O) groups excluding carboxylic acids is 1. The van der Waals surface area contributed by atoms with Crippen molar-refractivity contribution in [2.75, 3.05) is 18.1 Å². The van der Waals surface area contributed by atoms with E-state index in [2.05, 4.69) is 39.9 Å². The molecule has 0 unspecified atom stereocenters. The highest BCUT2D eigenvalue weighted by molar-refractivity contribution is 9.09. The molecule has 4 nitrogen and oxygen atoms in total. The van der Waals surface area contributed by atoms with Crippen LogP contribution in [0.3, 0.4) is 0 Å². The number of methoxy groups -OCH3 is 1. The molecule has 1 aliphatic carbocycles. The molecule has 0 aromatic heterocycles. The standard InChI is InChI=1S/C21H21BrCl2N2O2/c1-3-20-7-6-16(22)25-9-8-21(19(20)25)14-10-12(23)4-5-15(14)26(24)17(21)13(11-20)18(27)28-2/h4-7,10,16,19H,3,8-9,11H2,1-2H3/t16-,19-,20-,21-/m0/s1. The van der Waals surface area contributed by atoms with Crippen LogP contribution < -0.4 is 4.42 Å². The van der Waals surface area contributed by atoms with Crippen molar-refractivity contribution in [2.24, 2.45) is 5.41 Å². The lowest BCUT2D eigenvalue weighted by atomic mass is 9.55. The number of hydrogen-bond acceptors (Lipinski definition) is 4. The number of halogens is 3. The predicted molar refractivity (Wildman–Crippen MR) is 115 cm³/mol. The van der Waals surface area contributed by atoms with Crippen molar-refractivity contribution in [2.45, 2.75) is 42.6 Å². The lowest BCUT2D eigenvalue weighted by Crippen LogP contribution is -2.60. The fraction of sp³-hybridized carbons (Fsp3) is 0.476. The van der Waals surface area contributed by atoms with Gasteiger partial charge < -0.3 is 4.74 Å². The maximum atomic E-state index is 12.9. The van der Waals surface area contributed by atoms with Gasteiger partial charge in [-0.2, -0.15) is 0 Å². The van der Waals surface area contributed by atoms with Gasteiger partial charge in [-0.05, 0) is 43.0 Å². The molecule has 4 aliphatic rings. The molecule has 3 aliphatic heterocycles. The Morgan fingerprint density at radius 1 is 1.43 bits per heavy atom. The number of carbonyl (C=O) groups is 1. The van der Waals surface area contributed by atoms with E-state index in [0.717, 1.165) is 36.3 Å². The molecule has 0 N–H and O–H groups in total. The second-order valence-electron chi connectivity index (χ2n) is 8.12. The van der Waals surface area contributed by atoms with Crippen LogP contribution in [0.1, 0.15) is 31.7 Å². The molecular weight excluding hydrogens is 463 g/mol. The van der Waals surface area contributed by atoms with E-state index in [4.69, 9.17) is 28.1 Å². The van der Waals surface area contributed by atoms with Gasteiger partial charge in [0.2, 0.25) is 0 Å². The van der Waals surface area contributed by atoms with E-state index in [9.17, 15) is 4.79 Å². The Kier molecular flexibility index (Phi) is 4.23. The molecule has 1 saturated heterocycles. The highest BCUT2D eigenvalue weighted by Gasteiger charge is 2.67. The number of nitrogens with zero attached hydrogens (tertiary/aromatic N) is 2. The summed E-state index contributed by atoms with van der Waals surface area (Å²) in [4.78, 5) is 15.6. The lowest BCUT2D eigenvalue weighted by Gasteiger charge is -2.54. The number of anilines is 1. The molecule has 1 aromatic carbocycles. The summed E-state index contributed by atoms with van der Waals surface area (Å²) in [6, 6.07) is 6.05. The number of hydrogen-bond donors (Lipinski definition) is 0. The first-order valence-electron chi connectivity index (χ1n) is 9.56. The number of benzene rings is 1. The van der Waals surface area contributed by atoms with Gasteiger partial charge in [-0.15, -0.1) is 0 Å². The van der Waals surface area contributed by atoms with Crippen molar-refractivity contribution in [1.29, 1.82) is 0 Å². The first-order chi connectivity index (χ1) is 13.4. The van der Waals surface area contributed by atoms with Gasteiger partial charge in [-0.3, -0.25) is 9.32 Å². The molecule has 3 heterocycles. The summed E-state index contributed by atoms with van der Waals surface area (Å²) < 4.78 is 6.89. The molecule has 1 fully saturated rings. The van der Waals surface area contributed by atoms with Gasteiger partial charge in [-0.1, -0.05) is 46.6 Å². The van der Waals surface area contributed by atoms with Crippen LogP contribution in [0.15, 0.2) is 41.6 Å². The molecule has 148 valence electrons. The largest absolute Gasteiger partial charge is 0.466 e. The number of fused-ring (bicyclic) bond motifs is 1. The van der Waals surface area contributed by atoms with Crippen molar-refractivity contribution in [3.05, 3.63) is 52.2 Å². The van der Waals surface area contributed by atoms with Crippen LogP contribution in [0.25, 0.3) is 0 Å². The third-order valence-electron chi connectivity index (χ3n) is 7.16. The molecule has 1 aromatic rings. The highest BCUT2D eigenvalue weighted by Crippen LogP contribution is 2.67. The maximum absolute atomic E-state index is 12.9. The van der Waals surface area contributed by atoms with Crippen molar-refractivity contribution in [3.8, 4) is 0 Å². The van der Waals surface area contributed by atoms with E-state index in [1.54, 1.807) is 4.42 Å². The van der Waals surface area contributed by atoms with Crippen LogP contribution in [0.2, 0.25) is 5.02 Å².